The Hall–Kier alpha value is -1.05. The zero-order valence-corrected chi connectivity index (χ0v) is 13.5. The van der Waals surface area contributed by atoms with Crippen LogP contribution >= 0.6 is 28.1 Å². The third-order valence-electron chi connectivity index (χ3n) is 2.64. The second kappa shape index (κ2) is 8.28. The highest BCUT2D eigenvalue weighted by molar-refractivity contribution is 9.10. The molecule has 0 fully saturated rings. The van der Waals surface area contributed by atoms with Gasteiger partial charge in [-0.15, -0.1) is 0 Å². The van der Waals surface area contributed by atoms with E-state index in [-0.39, 0.29) is 5.56 Å². The van der Waals surface area contributed by atoms with Crippen LogP contribution in [0.25, 0.3) is 0 Å². The number of benzene rings is 1. The van der Waals surface area contributed by atoms with Crippen LogP contribution in [0.3, 0.4) is 0 Å². The first kappa shape index (κ1) is 17.0. The lowest BCUT2D eigenvalue weighted by Gasteiger charge is -2.22. The molecule has 0 aliphatic carbocycles. The van der Waals surface area contributed by atoms with E-state index < -0.39 is 11.7 Å². The molecule has 0 unspecified atom stereocenters. The second-order valence-corrected chi connectivity index (χ2v) is 5.57. The van der Waals surface area contributed by atoms with Crippen LogP contribution in [0.4, 0.5) is 4.39 Å². The number of carbonyl (C=O) groups excluding carboxylic acids is 1. The van der Waals surface area contributed by atoms with Crippen molar-refractivity contribution in [3.05, 3.63) is 34.1 Å². The summed E-state index contributed by atoms with van der Waals surface area (Å²) >= 11 is 7.96. The van der Waals surface area contributed by atoms with E-state index in [2.05, 4.69) is 15.9 Å². The van der Waals surface area contributed by atoms with E-state index in [0.29, 0.717) is 35.6 Å². The minimum atomic E-state index is -0.567. The number of carbonyl (C=O) groups is 1. The monoisotopic (exact) mass is 362 g/mol. The third-order valence-corrected chi connectivity index (χ3v) is 3.34. The van der Waals surface area contributed by atoms with E-state index in [1.165, 1.54) is 24.1 Å². The first-order valence-corrected chi connectivity index (χ1v) is 7.17. The molecule has 2 N–H and O–H groups in total. The molecule has 0 aliphatic heterocycles. The lowest BCUT2D eigenvalue weighted by Crippen LogP contribution is -2.36. The standard InChI is InChI=1S/C13H16BrFN2O2S/c1-19-7-6-17(5-4-12(16)20)13(18)10-3-2-9(14)8-11(10)15/h2-3,8H,4-7H2,1H3,(H2,16,20). The molecule has 4 nitrogen and oxygen atoms in total. The smallest absolute Gasteiger partial charge is 0.256 e. The second-order valence-electron chi connectivity index (χ2n) is 4.13. The van der Waals surface area contributed by atoms with Gasteiger partial charge in [0.05, 0.1) is 17.2 Å². The van der Waals surface area contributed by atoms with Gasteiger partial charge in [0.2, 0.25) is 0 Å². The summed E-state index contributed by atoms with van der Waals surface area (Å²) in [6.07, 6.45) is 0.392. The summed E-state index contributed by atoms with van der Waals surface area (Å²) < 4.78 is 19.4. The number of methoxy groups -OCH3 is 1. The quantitative estimate of drug-likeness (QED) is 0.756. The first-order valence-electron chi connectivity index (χ1n) is 5.97. The molecule has 110 valence electrons. The molecule has 0 bridgehead atoms. The zero-order chi connectivity index (χ0) is 15.1. The summed E-state index contributed by atoms with van der Waals surface area (Å²) in [5.74, 6) is -0.967. The highest BCUT2D eigenvalue weighted by atomic mass is 79.9. The highest BCUT2D eigenvalue weighted by Crippen LogP contribution is 2.17. The molecule has 0 atom stereocenters. The number of nitrogens with zero attached hydrogens (tertiary/aromatic N) is 1. The Kier molecular flexibility index (Phi) is 7.04. The van der Waals surface area contributed by atoms with Crippen LogP contribution < -0.4 is 5.73 Å². The first-order chi connectivity index (χ1) is 9.45. The van der Waals surface area contributed by atoms with Gasteiger partial charge in [-0.05, 0) is 18.2 Å². The Bertz CT molecular complexity index is 499. The lowest BCUT2D eigenvalue weighted by atomic mass is 10.2. The fraction of sp³-hybridized carbons (Fsp3) is 0.385. The fourth-order valence-electron chi connectivity index (χ4n) is 1.59. The molecule has 1 aromatic carbocycles. The van der Waals surface area contributed by atoms with Crippen LogP contribution in [-0.2, 0) is 4.74 Å². The number of nitrogens with two attached hydrogens (primary N) is 1. The van der Waals surface area contributed by atoms with Crippen molar-refractivity contribution in [2.45, 2.75) is 6.42 Å². The SMILES string of the molecule is COCCN(CCC(N)=S)C(=O)c1ccc(Br)cc1F. The number of rotatable bonds is 7. The van der Waals surface area contributed by atoms with Crippen LogP contribution in [-0.4, -0.2) is 42.6 Å². The van der Waals surface area contributed by atoms with Crippen LogP contribution in [0.1, 0.15) is 16.8 Å². The van der Waals surface area contributed by atoms with Crippen molar-refractivity contribution < 1.29 is 13.9 Å². The van der Waals surface area contributed by atoms with Gasteiger partial charge >= 0.3 is 0 Å². The maximum absolute atomic E-state index is 13.8. The maximum atomic E-state index is 13.8. The van der Waals surface area contributed by atoms with Gasteiger partial charge in [0.15, 0.2) is 0 Å². The normalized spacial score (nSPS) is 10.3. The van der Waals surface area contributed by atoms with Crippen LogP contribution in [0.15, 0.2) is 22.7 Å². The molecule has 0 spiro atoms. The molecule has 1 rings (SSSR count). The van der Waals surface area contributed by atoms with Crippen molar-refractivity contribution in [1.82, 2.24) is 4.90 Å². The largest absolute Gasteiger partial charge is 0.393 e. The Balaban J connectivity index is 2.87. The van der Waals surface area contributed by atoms with E-state index in [4.69, 9.17) is 22.7 Å². The van der Waals surface area contributed by atoms with Crippen molar-refractivity contribution >= 4 is 39.0 Å². The van der Waals surface area contributed by atoms with Crippen molar-refractivity contribution in [2.75, 3.05) is 26.8 Å². The van der Waals surface area contributed by atoms with E-state index in [0.717, 1.165) is 0 Å². The van der Waals surface area contributed by atoms with Crippen LogP contribution in [0.5, 0.6) is 0 Å². The molecule has 0 saturated carbocycles. The summed E-state index contributed by atoms with van der Waals surface area (Å²) in [4.78, 5) is 14.1. The third kappa shape index (κ3) is 5.15. The van der Waals surface area contributed by atoms with Crippen LogP contribution in [0.2, 0.25) is 0 Å². The van der Waals surface area contributed by atoms with Gasteiger partial charge in [0.1, 0.15) is 5.82 Å². The average molecular weight is 363 g/mol. The molecule has 1 aromatic rings. The van der Waals surface area contributed by atoms with Crippen LogP contribution in [0, 0.1) is 5.82 Å². The van der Waals surface area contributed by atoms with Crippen molar-refractivity contribution in [3.8, 4) is 0 Å². The molecule has 0 aliphatic rings. The molecule has 0 radical (unpaired) electrons. The Labute approximate surface area is 131 Å². The van der Waals surface area contributed by atoms with Gasteiger partial charge < -0.3 is 15.4 Å². The van der Waals surface area contributed by atoms with E-state index >= 15 is 0 Å². The number of amides is 1. The number of hydrogen-bond acceptors (Lipinski definition) is 3. The van der Waals surface area contributed by atoms with Crippen molar-refractivity contribution in [1.29, 1.82) is 0 Å². The van der Waals surface area contributed by atoms with Gasteiger partial charge in [-0.3, -0.25) is 4.79 Å². The molecule has 7 heteroatoms. The summed E-state index contributed by atoms with van der Waals surface area (Å²) in [5, 5.41) is 0. The van der Waals surface area contributed by atoms with Gasteiger partial charge in [0, 0.05) is 31.1 Å². The summed E-state index contributed by atoms with van der Waals surface area (Å²) in [7, 11) is 1.54. The van der Waals surface area contributed by atoms with Crippen molar-refractivity contribution in [3.63, 3.8) is 0 Å². The predicted octanol–water partition coefficient (Wildman–Crippen LogP) is 2.35. The van der Waals surface area contributed by atoms with Gasteiger partial charge in [-0.25, -0.2) is 4.39 Å². The highest BCUT2D eigenvalue weighted by Gasteiger charge is 2.19. The Morgan fingerprint density at radius 3 is 2.75 bits per heavy atom. The molecular weight excluding hydrogens is 347 g/mol. The molecule has 0 aromatic heterocycles. The minimum absolute atomic E-state index is 0.0206. The molecule has 0 heterocycles. The lowest BCUT2D eigenvalue weighted by molar-refractivity contribution is 0.0696. The minimum Gasteiger partial charge on any atom is -0.393 e. The zero-order valence-electron chi connectivity index (χ0n) is 11.1. The average Bonchev–Trinajstić information content (AvgIpc) is 2.38. The topological polar surface area (TPSA) is 55.6 Å². The van der Waals surface area contributed by atoms with E-state index in [9.17, 15) is 9.18 Å². The van der Waals surface area contributed by atoms with E-state index in [1.54, 1.807) is 6.07 Å². The van der Waals surface area contributed by atoms with Gasteiger partial charge in [0.25, 0.3) is 5.91 Å². The molecule has 20 heavy (non-hydrogen) atoms. The number of thiocarbonyl (C=S) groups is 1. The Morgan fingerprint density at radius 2 is 2.20 bits per heavy atom. The van der Waals surface area contributed by atoms with Gasteiger partial charge in [-0.2, -0.15) is 0 Å². The summed E-state index contributed by atoms with van der Waals surface area (Å²) in [5.41, 5.74) is 5.46. The van der Waals surface area contributed by atoms with Crippen molar-refractivity contribution in [2.24, 2.45) is 5.73 Å². The van der Waals surface area contributed by atoms with E-state index in [1.807, 2.05) is 0 Å². The summed E-state index contributed by atoms with van der Waals surface area (Å²) in [6.45, 7) is 1.06. The number of hydrogen-bond donors (Lipinski definition) is 1. The fourth-order valence-corrected chi connectivity index (χ4v) is 2.02. The molecule has 1 amide bonds. The number of halogens is 2. The maximum Gasteiger partial charge on any atom is 0.256 e. The molecule has 0 saturated heterocycles. The molecular formula is C13H16BrFN2O2S. The predicted molar refractivity (Wildman–Crippen MR) is 83.3 cm³/mol. The summed E-state index contributed by atoms with van der Waals surface area (Å²) in [6, 6.07) is 4.33. The Morgan fingerprint density at radius 1 is 1.50 bits per heavy atom. The number of ether oxygens (including phenoxy) is 1. The van der Waals surface area contributed by atoms with Gasteiger partial charge in [-0.1, -0.05) is 28.1 Å².